The van der Waals surface area contributed by atoms with E-state index in [1.165, 1.54) is 17.1 Å². The highest BCUT2D eigenvalue weighted by atomic mass is 32.2. The van der Waals surface area contributed by atoms with Crippen LogP contribution in [0.1, 0.15) is 48.9 Å². The van der Waals surface area contributed by atoms with E-state index in [0.29, 0.717) is 24.2 Å². The van der Waals surface area contributed by atoms with E-state index in [1.807, 2.05) is 4.90 Å². The van der Waals surface area contributed by atoms with Crippen LogP contribution in [-0.4, -0.2) is 44.6 Å². The molecule has 1 aromatic rings. The largest absolute Gasteiger partial charge is 0.339 e. The zero-order chi connectivity index (χ0) is 16.3. The Balaban J connectivity index is 1.83. The lowest BCUT2D eigenvalue weighted by Gasteiger charge is -2.29. The fourth-order valence-corrected chi connectivity index (χ4v) is 4.96. The van der Waals surface area contributed by atoms with Crippen LogP contribution in [0.2, 0.25) is 0 Å². The van der Waals surface area contributed by atoms with Crippen molar-refractivity contribution in [2.24, 2.45) is 0 Å². The summed E-state index contributed by atoms with van der Waals surface area (Å²) >= 11 is 0. The Morgan fingerprint density at radius 3 is 2.30 bits per heavy atom. The summed E-state index contributed by atoms with van der Waals surface area (Å²) in [5.74, 6) is 0.209. The predicted octanol–water partition coefficient (Wildman–Crippen LogP) is 2.63. The van der Waals surface area contributed by atoms with Crippen molar-refractivity contribution in [3.8, 4) is 0 Å². The summed E-state index contributed by atoms with van der Waals surface area (Å²) < 4.78 is 25.9. The first kappa shape index (κ1) is 16.3. The third kappa shape index (κ3) is 3.68. The molecule has 2 aliphatic heterocycles. The zero-order valence-electron chi connectivity index (χ0n) is 13.4. The van der Waals surface area contributed by atoms with E-state index in [-0.39, 0.29) is 11.7 Å². The van der Waals surface area contributed by atoms with Crippen LogP contribution >= 0.6 is 0 Å². The van der Waals surface area contributed by atoms with Gasteiger partial charge in [0.15, 0.2) is 0 Å². The normalized spacial score (nSPS) is 21.7. The molecule has 1 amide bonds. The van der Waals surface area contributed by atoms with Crippen molar-refractivity contribution >= 4 is 21.6 Å². The molecule has 0 spiro atoms. The van der Waals surface area contributed by atoms with Crippen molar-refractivity contribution in [2.45, 2.75) is 38.5 Å². The van der Waals surface area contributed by atoms with Gasteiger partial charge >= 0.3 is 0 Å². The summed E-state index contributed by atoms with van der Waals surface area (Å²) in [6.07, 6.45) is 6.03. The lowest BCUT2D eigenvalue weighted by atomic mass is 10.1. The second-order valence-corrected chi connectivity index (χ2v) is 8.36. The number of likely N-dealkylation sites (tertiary alicyclic amines) is 1. The summed E-state index contributed by atoms with van der Waals surface area (Å²) in [5.41, 5.74) is 1.20. The number of carbonyl (C=O) groups is 1. The van der Waals surface area contributed by atoms with Crippen LogP contribution in [-0.2, 0) is 10.0 Å². The molecule has 1 aromatic carbocycles. The Morgan fingerprint density at radius 1 is 0.913 bits per heavy atom. The molecule has 2 fully saturated rings. The molecule has 0 radical (unpaired) electrons. The summed E-state index contributed by atoms with van der Waals surface area (Å²) in [7, 11) is -3.24. The average molecular weight is 336 g/mol. The highest BCUT2D eigenvalue weighted by molar-refractivity contribution is 7.92. The second kappa shape index (κ2) is 6.91. The van der Waals surface area contributed by atoms with Gasteiger partial charge in [-0.1, -0.05) is 18.9 Å². The summed E-state index contributed by atoms with van der Waals surface area (Å²) in [4.78, 5) is 14.6. The number of anilines is 1. The van der Waals surface area contributed by atoms with Crippen LogP contribution in [0.15, 0.2) is 24.3 Å². The predicted molar refractivity (Wildman–Crippen MR) is 91.2 cm³/mol. The van der Waals surface area contributed by atoms with Crippen LogP contribution < -0.4 is 4.31 Å². The molecular formula is C17H24N2O3S. The maximum Gasteiger partial charge on any atom is 0.253 e. The van der Waals surface area contributed by atoms with Gasteiger partial charge in [-0.05, 0) is 43.9 Å². The van der Waals surface area contributed by atoms with Gasteiger partial charge in [0.2, 0.25) is 10.0 Å². The molecule has 0 N–H and O–H groups in total. The molecule has 5 nitrogen and oxygen atoms in total. The Bertz CT molecular complexity index is 664. The molecule has 0 unspecified atom stereocenters. The Kier molecular flexibility index (Phi) is 4.90. The fourth-order valence-electron chi connectivity index (χ4n) is 3.33. The van der Waals surface area contributed by atoms with Crippen molar-refractivity contribution in [3.63, 3.8) is 0 Å². The molecule has 2 aliphatic rings. The molecule has 0 aliphatic carbocycles. The summed E-state index contributed by atoms with van der Waals surface area (Å²) in [6, 6.07) is 7.08. The van der Waals surface area contributed by atoms with Gasteiger partial charge < -0.3 is 4.90 Å². The number of carbonyl (C=O) groups excluding carboxylic acids is 1. The molecular weight excluding hydrogens is 312 g/mol. The number of hydrogen-bond donors (Lipinski definition) is 0. The Morgan fingerprint density at radius 2 is 1.61 bits per heavy atom. The van der Waals surface area contributed by atoms with E-state index in [1.54, 1.807) is 24.3 Å². The van der Waals surface area contributed by atoms with Crippen LogP contribution in [0.25, 0.3) is 0 Å². The number of sulfonamides is 1. The number of benzene rings is 1. The van der Waals surface area contributed by atoms with Gasteiger partial charge in [0.25, 0.3) is 5.91 Å². The van der Waals surface area contributed by atoms with E-state index in [2.05, 4.69) is 0 Å². The number of rotatable bonds is 2. The zero-order valence-corrected chi connectivity index (χ0v) is 14.2. The number of hydrogen-bond acceptors (Lipinski definition) is 3. The van der Waals surface area contributed by atoms with Crippen LogP contribution in [0.3, 0.4) is 0 Å². The maximum atomic E-state index is 12.7. The lowest BCUT2D eigenvalue weighted by molar-refractivity contribution is 0.0761. The molecule has 0 aromatic heterocycles. The minimum Gasteiger partial charge on any atom is -0.339 e. The van der Waals surface area contributed by atoms with Crippen molar-refractivity contribution < 1.29 is 13.2 Å². The van der Waals surface area contributed by atoms with Gasteiger partial charge in [-0.3, -0.25) is 9.10 Å². The third-order valence-corrected chi connectivity index (χ3v) is 6.49. The van der Waals surface area contributed by atoms with Gasteiger partial charge in [0.05, 0.1) is 11.4 Å². The van der Waals surface area contributed by atoms with E-state index in [0.717, 1.165) is 32.4 Å². The molecule has 2 saturated heterocycles. The fraction of sp³-hybridized carbons (Fsp3) is 0.588. The molecule has 126 valence electrons. The van der Waals surface area contributed by atoms with Crippen LogP contribution in [0.5, 0.6) is 0 Å². The van der Waals surface area contributed by atoms with Crippen LogP contribution in [0.4, 0.5) is 5.69 Å². The SMILES string of the molecule is O=C(c1cccc(N2CCCCS2(=O)=O)c1)N1CCCCCC1. The number of amides is 1. The highest BCUT2D eigenvalue weighted by Gasteiger charge is 2.27. The lowest BCUT2D eigenvalue weighted by Crippen LogP contribution is -2.38. The smallest absolute Gasteiger partial charge is 0.253 e. The van der Waals surface area contributed by atoms with Gasteiger partial charge in [-0.25, -0.2) is 8.42 Å². The first-order chi connectivity index (χ1) is 11.1. The summed E-state index contributed by atoms with van der Waals surface area (Å²) in [6.45, 7) is 2.10. The Hall–Kier alpha value is -1.56. The quantitative estimate of drug-likeness (QED) is 0.834. The van der Waals surface area contributed by atoms with Crippen molar-refractivity contribution in [1.82, 2.24) is 4.90 Å². The molecule has 2 heterocycles. The number of nitrogens with zero attached hydrogens (tertiary/aromatic N) is 2. The monoisotopic (exact) mass is 336 g/mol. The van der Waals surface area contributed by atoms with Crippen molar-refractivity contribution in [3.05, 3.63) is 29.8 Å². The van der Waals surface area contributed by atoms with E-state index >= 15 is 0 Å². The van der Waals surface area contributed by atoms with Gasteiger partial charge in [-0.15, -0.1) is 0 Å². The van der Waals surface area contributed by atoms with Crippen molar-refractivity contribution in [2.75, 3.05) is 29.7 Å². The minimum absolute atomic E-state index is 0.0168. The maximum absolute atomic E-state index is 12.7. The summed E-state index contributed by atoms with van der Waals surface area (Å²) in [5, 5.41) is 0. The third-order valence-electron chi connectivity index (χ3n) is 4.62. The molecule has 0 bridgehead atoms. The second-order valence-electron chi connectivity index (χ2n) is 6.35. The standard InChI is InChI=1S/C17H24N2O3S/c20-17(18-10-3-1-2-4-11-18)15-8-7-9-16(14-15)19-12-5-6-13-23(19,21)22/h7-9,14H,1-6,10-13H2. The highest BCUT2D eigenvalue weighted by Crippen LogP contribution is 2.25. The minimum atomic E-state index is -3.24. The van der Waals surface area contributed by atoms with Gasteiger partial charge in [0.1, 0.15) is 0 Å². The van der Waals surface area contributed by atoms with Gasteiger partial charge in [0, 0.05) is 25.2 Å². The Labute approximate surface area is 138 Å². The molecule has 0 saturated carbocycles. The molecule has 6 heteroatoms. The van der Waals surface area contributed by atoms with E-state index in [9.17, 15) is 13.2 Å². The van der Waals surface area contributed by atoms with Crippen molar-refractivity contribution in [1.29, 1.82) is 0 Å². The molecule has 3 rings (SSSR count). The topological polar surface area (TPSA) is 57.7 Å². The first-order valence-electron chi connectivity index (χ1n) is 8.48. The first-order valence-corrected chi connectivity index (χ1v) is 10.1. The van der Waals surface area contributed by atoms with Crippen LogP contribution in [0, 0.1) is 0 Å². The van der Waals surface area contributed by atoms with E-state index in [4.69, 9.17) is 0 Å². The van der Waals surface area contributed by atoms with Gasteiger partial charge in [-0.2, -0.15) is 0 Å². The molecule has 0 atom stereocenters. The van der Waals surface area contributed by atoms with E-state index < -0.39 is 10.0 Å². The molecule has 23 heavy (non-hydrogen) atoms. The average Bonchev–Trinajstić information content (AvgIpc) is 2.83.